The first-order valence-corrected chi connectivity index (χ1v) is 6.92. The van der Waals surface area contributed by atoms with Gasteiger partial charge in [-0.3, -0.25) is 4.79 Å². The maximum Gasteiger partial charge on any atom is 0.231 e. The maximum absolute atomic E-state index is 13.6. The van der Waals surface area contributed by atoms with E-state index >= 15 is 0 Å². The molecular weight excluding hydrogens is 267 g/mol. The van der Waals surface area contributed by atoms with Crippen molar-refractivity contribution >= 4 is 23.2 Å². The van der Waals surface area contributed by atoms with Crippen molar-refractivity contribution in [1.82, 2.24) is 5.32 Å². The van der Waals surface area contributed by atoms with Gasteiger partial charge in [0.25, 0.3) is 0 Å². The lowest BCUT2D eigenvalue weighted by Gasteiger charge is -2.35. The molecule has 2 N–H and O–H groups in total. The van der Waals surface area contributed by atoms with Gasteiger partial charge in [0.1, 0.15) is 5.82 Å². The largest absolute Gasteiger partial charge is 0.323 e. The highest BCUT2D eigenvalue weighted by molar-refractivity contribution is 6.30. The summed E-state index contributed by atoms with van der Waals surface area (Å²) in [6.07, 6.45) is 2.51. The van der Waals surface area contributed by atoms with E-state index in [0.717, 1.165) is 25.8 Å². The van der Waals surface area contributed by atoms with E-state index < -0.39 is 11.2 Å². The number of amides is 1. The fourth-order valence-corrected chi connectivity index (χ4v) is 2.64. The molecule has 1 saturated heterocycles. The molecule has 19 heavy (non-hydrogen) atoms. The SMILES string of the molecule is CCC1(C(=O)Nc2cc(Cl)ccc2F)CCCNC1. The van der Waals surface area contributed by atoms with E-state index in [9.17, 15) is 9.18 Å². The van der Waals surface area contributed by atoms with Crippen molar-refractivity contribution < 1.29 is 9.18 Å². The minimum atomic E-state index is -0.465. The van der Waals surface area contributed by atoms with Gasteiger partial charge in [-0.15, -0.1) is 0 Å². The lowest BCUT2D eigenvalue weighted by atomic mass is 9.77. The third-order valence-electron chi connectivity index (χ3n) is 3.81. The lowest BCUT2D eigenvalue weighted by molar-refractivity contribution is -0.126. The summed E-state index contributed by atoms with van der Waals surface area (Å²) in [6.45, 7) is 3.55. The van der Waals surface area contributed by atoms with Crippen molar-refractivity contribution in [2.24, 2.45) is 5.41 Å². The first-order valence-electron chi connectivity index (χ1n) is 6.54. The van der Waals surface area contributed by atoms with E-state index in [-0.39, 0.29) is 11.6 Å². The van der Waals surface area contributed by atoms with Gasteiger partial charge < -0.3 is 10.6 Å². The summed E-state index contributed by atoms with van der Waals surface area (Å²) in [5.74, 6) is -0.601. The quantitative estimate of drug-likeness (QED) is 0.895. The van der Waals surface area contributed by atoms with Crippen LogP contribution in [0.1, 0.15) is 26.2 Å². The molecule has 1 aliphatic rings. The predicted octanol–water partition coefficient (Wildman–Crippen LogP) is 3.20. The van der Waals surface area contributed by atoms with E-state index in [0.29, 0.717) is 11.6 Å². The van der Waals surface area contributed by atoms with Gasteiger partial charge in [-0.05, 0) is 44.0 Å². The first-order chi connectivity index (χ1) is 9.07. The molecule has 2 rings (SSSR count). The van der Waals surface area contributed by atoms with E-state index in [1.165, 1.54) is 18.2 Å². The van der Waals surface area contributed by atoms with Crippen LogP contribution in [-0.4, -0.2) is 19.0 Å². The van der Waals surface area contributed by atoms with Crippen molar-refractivity contribution in [1.29, 1.82) is 0 Å². The Kier molecular flexibility index (Phi) is 4.42. The van der Waals surface area contributed by atoms with Gasteiger partial charge in [0.15, 0.2) is 0 Å². The van der Waals surface area contributed by atoms with Gasteiger partial charge in [0.05, 0.1) is 11.1 Å². The van der Waals surface area contributed by atoms with Crippen LogP contribution in [0.5, 0.6) is 0 Å². The zero-order valence-electron chi connectivity index (χ0n) is 10.9. The third-order valence-corrected chi connectivity index (χ3v) is 4.04. The zero-order valence-corrected chi connectivity index (χ0v) is 11.7. The molecule has 1 aromatic carbocycles. The molecule has 5 heteroatoms. The van der Waals surface area contributed by atoms with Crippen molar-refractivity contribution in [2.75, 3.05) is 18.4 Å². The molecule has 0 saturated carbocycles. The Bertz CT molecular complexity index is 473. The molecular formula is C14H18ClFN2O. The number of carbonyl (C=O) groups excluding carboxylic acids is 1. The summed E-state index contributed by atoms with van der Waals surface area (Å²) >= 11 is 5.82. The fourth-order valence-electron chi connectivity index (χ4n) is 2.47. The molecule has 0 aromatic heterocycles. The minimum Gasteiger partial charge on any atom is -0.323 e. The number of rotatable bonds is 3. The highest BCUT2D eigenvalue weighted by Crippen LogP contribution is 2.32. The van der Waals surface area contributed by atoms with E-state index in [1.54, 1.807) is 0 Å². The van der Waals surface area contributed by atoms with Crippen molar-refractivity contribution in [3.8, 4) is 0 Å². The molecule has 1 amide bonds. The molecule has 0 spiro atoms. The summed E-state index contributed by atoms with van der Waals surface area (Å²) in [5.41, 5.74) is -0.302. The molecule has 1 atom stereocenters. The average Bonchev–Trinajstić information content (AvgIpc) is 2.43. The number of hydrogen-bond donors (Lipinski definition) is 2. The second-order valence-electron chi connectivity index (χ2n) is 4.99. The summed E-state index contributed by atoms with van der Waals surface area (Å²) in [5, 5.41) is 6.32. The number of benzene rings is 1. The number of nitrogens with one attached hydrogen (secondary N) is 2. The van der Waals surface area contributed by atoms with Crippen molar-refractivity contribution in [3.05, 3.63) is 29.0 Å². The van der Waals surface area contributed by atoms with Crippen LogP contribution < -0.4 is 10.6 Å². The summed E-state index contributed by atoms with van der Waals surface area (Å²) in [7, 11) is 0. The highest BCUT2D eigenvalue weighted by atomic mass is 35.5. The second kappa shape index (κ2) is 5.88. The molecule has 1 aliphatic heterocycles. The van der Waals surface area contributed by atoms with Crippen LogP contribution in [0, 0.1) is 11.2 Å². The number of piperidine rings is 1. The Hall–Kier alpha value is -1.13. The molecule has 1 fully saturated rings. The molecule has 1 heterocycles. The average molecular weight is 285 g/mol. The van der Waals surface area contributed by atoms with Crippen LogP contribution >= 0.6 is 11.6 Å². The first kappa shape index (κ1) is 14.3. The topological polar surface area (TPSA) is 41.1 Å². The van der Waals surface area contributed by atoms with Gasteiger partial charge >= 0.3 is 0 Å². The van der Waals surface area contributed by atoms with E-state index in [1.807, 2.05) is 6.92 Å². The Morgan fingerprint density at radius 3 is 3.00 bits per heavy atom. The van der Waals surface area contributed by atoms with Crippen LogP contribution in [0.4, 0.5) is 10.1 Å². The molecule has 0 bridgehead atoms. The second-order valence-corrected chi connectivity index (χ2v) is 5.43. The Labute approximate surface area is 117 Å². The van der Waals surface area contributed by atoms with Gasteiger partial charge in [0.2, 0.25) is 5.91 Å². The normalized spacial score (nSPS) is 23.1. The smallest absolute Gasteiger partial charge is 0.231 e. The summed E-state index contributed by atoms with van der Waals surface area (Å²) in [6, 6.07) is 4.16. The molecule has 1 unspecified atom stereocenters. The summed E-state index contributed by atoms with van der Waals surface area (Å²) in [4.78, 5) is 12.4. The fraction of sp³-hybridized carbons (Fsp3) is 0.500. The standard InChI is InChI=1S/C14H18ClFN2O/c1-2-14(6-3-7-17-9-14)13(19)18-12-8-10(15)4-5-11(12)16/h4-5,8,17H,2-3,6-7,9H2,1H3,(H,18,19). The summed E-state index contributed by atoms with van der Waals surface area (Å²) < 4.78 is 13.6. The predicted molar refractivity (Wildman–Crippen MR) is 74.9 cm³/mol. The molecule has 0 radical (unpaired) electrons. The monoisotopic (exact) mass is 284 g/mol. The van der Waals surface area contributed by atoms with Crippen LogP contribution in [0.3, 0.4) is 0 Å². The minimum absolute atomic E-state index is 0.136. The van der Waals surface area contributed by atoms with Gasteiger partial charge in [-0.2, -0.15) is 0 Å². The van der Waals surface area contributed by atoms with Gasteiger partial charge in [-0.25, -0.2) is 4.39 Å². The Morgan fingerprint density at radius 1 is 1.58 bits per heavy atom. The Morgan fingerprint density at radius 2 is 2.37 bits per heavy atom. The van der Waals surface area contributed by atoms with Gasteiger partial charge in [0, 0.05) is 11.6 Å². The molecule has 3 nitrogen and oxygen atoms in total. The highest BCUT2D eigenvalue weighted by Gasteiger charge is 2.38. The number of carbonyl (C=O) groups is 1. The molecule has 1 aromatic rings. The lowest BCUT2D eigenvalue weighted by Crippen LogP contribution is -2.47. The van der Waals surface area contributed by atoms with Crippen LogP contribution in [0.2, 0.25) is 5.02 Å². The number of anilines is 1. The maximum atomic E-state index is 13.6. The van der Waals surface area contributed by atoms with Gasteiger partial charge in [-0.1, -0.05) is 18.5 Å². The van der Waals surface area contributed by atoms with E-state index in [4.69, 9.17) is 11.6 Å². The molecule has 104 valence electrons. The van der Waals surface area contributed by atoms with E-state index in [2.05, 4.69) is 10.6 Å². The van der Waals surface area contributed by atoms with Crippen LogP contribution in [0.15, 0.2) is 18.2 Å². The van der Waals surface area contributed by atoms with Crippen LogP contribution in [0.25, 0.3) is 0 Å². The zero-order chi connectivity index (χ0) is 13.9. The molecule has 0 aliphatic carbocycles. The van der Waals surface area contributed by atoms with Crippen LogP contribution in [-0.2, 0) is 4.79 Å². The van der Waals surface area contributed by atoms with Crippen molar-refractivity contribution in [2.45, 2.75) is 26.2 Å². The number of halogens is 2. The Balaban J connectivity index is 2.17. The number of hydrogen-bond acceptors (Lipinski definition) is 2. The van der Waals surface area contributed by atoms with Crippen molar-refractivity contribution in [3.63, 3.8) is 0 Å². The third kappa shape index (κ3) is 3.07.